The van der Waals surface area contributed by atoms with Crippen molar-refractivity contribution < 1.29 is 17.2 Å². The molecular formula is C18H20F2N2O2S. The largest absolute Gasteiger partial charge is 0.301 e. The van der Waals surface area contributed by atoms with Gasteiger partial charge in [-0.15, -0.1) is 0 Å². The summed E-state index contributed by atoms with van der Waals surface area (Å²) in [6, 6.07) is 11.7. The molecule has 0 saturated heterocycles. The summed E-state index contributed by atoms with van der Waals surface area (Å²) in [7, 11) is -0.485. The summed E-state index contributed by atoms with van der Waals surface area (Å²) in [5.41, 5.74) is 0.569. The van der Waals surface area contributed by atoms with Crippen molar-refractivity contribution in [3.05, 3.63) is 76.7 Å². The Hall–Kier alpha value is -2.09. The van der Waals surface area contributed by atoms with Gasteiger partial charge < -0.3 is 4.90 Å². The van der Waals surface area contributed by atoms with Crippen LogP contribution in [0.1, 0.15) is 17.2 Å². The molecular weight excluding hydrogens is 346 g/mol. The minimum Gasteiger partial charge on any atom is -0.301 e. The molecule has 25 heavy (non-hydrogen) atoms. The highest BCUT2D eigenvalue weighted by atomic mass is 32.2. The third-order valence-corrected chi connectivity index (χ3v) is 4.74. The van der Waals surface area contributed by atoms with Gasteiger partial charge in [0.05, 0.1) is 6.04 Å². The van der Waals surface area contributed by atoms with Crippen LogP contribution in [0.4, 0.5) is 8.78 Å². The zero-order valence-electron chi connectivity index (χ0n) is 14.0. The van der Waals surface area contributed by atoms with E-state index in [2.05, 4.69) is 4.72 Å². The van der Waals surface area contributed by atoms with Crippen LogP contribution in [0.15, 0.2) is 53.9 Å². The van der Waals surface area contributed by atoms with E-state index in [9.17, 15) is 17.2 Å². The van der Waals surface area contributed by atoms with E-state index in [-0.39, 0.29) is 12.1 Å². The molecule has 2 aromatic rings. The first-order chi connectivity index (χ1) is 11.8. The van der Waals surface area contributed by atoms with Crippen molar-refractivity contribution in [2.45, 2.75) is 6.04 Å². The van der Waals surface area contributed by atoms with E-state index in [1.165, 1.54) is 12.1 Å². The molecule has 1 atom stereocenters. The van der Waals surface area contributed by atoms with Gasteiger partial charge in [0.1, 0.15) is 11.6 Å². The maximum Gasteiger partial charge on any atom is 0.233 e. The number of halogens is 2. The standard InChI is InChI=1S/C18H20F2N2O2S/c1-22(2)17(18-15(19)9-6-10-16(18)20)13-21-25(23,24)12-11-14-7-4-3-5-8-14/h3-12,17,21H,13H2,1-2H3. The van der Waals surface area contributed by atoms with E-state index >= 15 is 0 Å². The summed E-state index contributed by atoms with van der Waals surface area (Å²) >= 11 is 0. The predicted molar refractivity (Wildman–Crippen MR) is 95.2 cm³/mol. The van der Waals surface area contributed by atoms with Crippen LogP contribution in [0.2, 0.25) is 0 Å². The second-order valence-electron chi connectivity index (χ2n) is 5.72. The molecule has 0 aliphatic rings. The summed E-state index contributed by atoms with van der Waals surface area (Å²) in [5.74, 6) is -1.42. The number of likely N-dealkylation sites (N-methyl/N-ethyl adjacent to an activating group) is 1. The molecule has 0 aliphatic heterocycles. The van der Waals surface area contributed by atoms with Crippen molar-refractivity contribution in [3.8, 4) is 0 Å². The van der Waals surface area contributed by atoms with Gasteiger partial charge in [-0.2, -0.15) is 0 Å². The number of nitrogens with zero attached hydrogens (tertiary/aromatic N) is 1. The molecule has 7 heteroatoms. The smallest absolute Gasteiger partial charge is 0.233 e. The maximum absolute atomic E-state index is 14.0. The molecule has 134 valence electrons. The molecule has 0 aromatic heterocycles. The monoisotopic (exact) mass is 366 g/mol. The lowest BCUT2D eigenvalue weighted by Gasteiger charge is -2.25. The molecule has 2 aromatic carbocycles. The highest BCUT2D eigenvalue weighted by molar-refractivity contribution is 7.92. The fraction of sp³-hybridized carbons (Fsp3) is 0.222. The first-order valence-electron chi connectivity index (χ1n) is 7.63. The summed E-state index contributed by atoms with van der Waals surface area (Å²) in [6.45, 7) is -0.160. The molecule has 4 nitrogen and oxygen atoms in total. The van der Waals surface area contributed by atoms with Gasteiger partial charge in [0, 0.05) is 17.5 Å². The lowest BCUT2D eigenvalue weighted by molar-refractivity contribution is 0.284. The van der Waals surface area contributed by atoms with Gasteiger partial charge in [0.25, 0.3) is 0 Å². The lowest BCUT2D eigenvalue weighted by atomic mass is 10.0. The summed E-state index contributed by atoms with van der Waals surface area (Å²) < 4.78 is 54.6. The molecule has 0 saturated carbocycles. The van der Waals surface area contributed by atoms with Crippen LogP contribution in [0.25, 0.3) is 6.08 Å². The van der Waals surface area contributed by atoms with Gasteiger partial charge in [0.2, 0.25) is 10.0 Å². The average Bonchev–Trinajstić information content (AvgIpc) is 2.56. The highest BCUT2D eigenvalue weighted by Crippen LogP contribution is 2.24. The molecule has 0 radical (unpaired) electrons. The van der Waals surface area contributed by atoms with Gasteiger partial charge in [-0.25, -0.2) is 21.9 Å². The first-order valence-corrected chi connectivity index (χ1v) is 9.18. The predicted octanol–water partition coefficient (Wildman–Crippen LogP) is 3.16. The SMILES string of the molecule is CN(C)C(CNS(=O)(=O)C=Cc1ccccc1)c1c(F)cccc1F. The average molecular weight is 366 g/mol. The summed E-state index contributed by atoms with van der Waals surface area (Å²) in [6.07, 6.45) is 1.46. The topological polar surface area (TPSA) is 49.4 Å². The number of hydrogen-bond acceptors (Lipinski definition) is 3. The molecule has 0 spiro atoms. The van der Waals surface area contributed by atoms with Crippen molar-refractivity contribution >= 4 is 16.1 Å². The Kier molecular flexibility index (Phi) is 6.41. The van der Waals surface area contributed by atoms with Crippen molar-refractivity contribution in [2.24, 2.45) is 0 Å². The van der Waals surface area contributed by atoms with Gasteiger partial charge >= 0.3 is 0 Å². The molecule has 0 fully saturated rings. The molecule has 1 N–H and O–H groups in total. The second kappa shape index (κ2) is 8.33. The van der Waals surface area contributed by atoms with Crippen molar-refractivity contribution in [3.63, 3.8) is 0 Å². The zero-order valence-corrected chi connectivity index (χ0v) is 14.8. The fourth-order valence-electron chi connectivity index (χ4n) is 2.35. The van der Waals surface area contributed by atoms with Crippen LogP contribution in [-0.4, -0.2) is 34.0 Å². The Labute approximate surface area is 146 Å². The quantitative estimate of drug-likeness (QED) is 0.819. The van der Waals surface area contributed by atoms with E-state index in [1.807, 2.05) is 6.07 Å². The minimum atomic E-state index is -3.74. The number of benzene rings is 2. The summed E-state index contributed by atoms with van der Waals surface area (Å²) in [5, 5.41) is 1.03. The second-order valence-corrected chi connectivity index (χ2v) is 7.37. The van der Waals surface area contributed by atoms with Gasteiger partial charge in [-0.1, -0.05) is 36.4 Å². The van der Waals surface area contributed by atoms with E-state index in [1.54, 1.807) is 43.3 Å². The van der Waals surface area contributed by atoms with Gasteiger partial charge in [-0.3, -0.25) is 0 Å². The molecule has 0 aliphatic carbocycles. The number of sulfonamides is 1. The first kappa shape index (κ1) is 19.2. The lowest BCUT2D eigenvalue weighted by Crippen LogP contribution is -2.34. The van der Waals surface area contributed by atoms with Crippen LogP contribution < -0.4 is 4.72 Å². The van der Waals surface area contributed by atoms with E-state index in [4.69, 9.17) is 0 Å². The minimum absolute atomic E-state index is 0.160. The summed E-state index contributed by atoms with van der Waals surface area (Å²) in [4.78, 5) is 1.56. The Morgan fingerprint density at radius 3 is 2.20 bits per heavy atom. The van der Waals surface area contributed by atoms with E-state index in [0.29, 0.717) is 0 Å². The Balaban J connectivity index is 2.14. The van der Waals surface area contributed by atoms with Crippen LogP contribution >= 0.6 is 0 Å². The molecule has 0 heterocycles. The third-order valence-electron chi connectivity index (χ3n) is 3.67. The van der Waals surface area contributed by atoms with E-state index in [0.717, 1.165) is 23.1 Å². The Bertz CT molecular complexity index is 817. The van der Waals surface area contributed by atoms with Crippen LogP contribution in [0, 0.1) is 11.6 Å². The molecule has 0 bridgehead atoms. The number of hydrogen-bond donors (Lipinski definition) is 1. The molecule has 1 unspecified atom stereocenters. The van der Waals surface area contributed by atoms with E-state index < -0.39 is 27.7 Å². The molecule has 0 amide bonds. The van der Waals surface area contributed by atoms with Gasteiger partial charge in [0.15, 0.2) is 0 Å². The normalized spacial score (nSPS) is 13.5. The van der Waals surface area contributed by atoms with Crippen LogP contribution in [0.3, 0.4) is 0 Å². The van der Waals surface area contributed by atoms with Crippen LogP contribution in [0.5, 0.6) is 0 Å². The fourth-order valence-corrected chi connectivity index (χ4v) is 3.17. The van der Waals surface area contributed by atoms with Crippen molar-refractivity contribution in [1.82, 2.24) is 9.62 Å². The zero-order chi connectivity index (χ0) is 18.4. The van der Waals surface area contributed by atoms with Gasteiger partial charge in [-0.05, 0) is 37.9 Å². The van der Waals surface area contributed by atoms with Crippen molar-refractivity contribution in [2.75, 3.05) is 20.6 Å². The van der Waals surface area contributed by atoms with Crippen molar-refractivity contribution in [1.29, 1.82) is 0 Å². The molecule has 2 rings (SSSR count). The van der Waals surface area contributed by atoms with Crippen LogP contribution in [-0.2, 0) is 10.0 Å². The Morgan fingerprint density at radius 2 is 1.64 bits per heavy atom. The number of rotatable bonds is 7. The number of nitrogens with one attached hydrogen (secondary N) is 1. The Morgan fingerprint density at radius 1 is 1.04 bits per heavy atom. The maximum atomic E-state index is 14.0. The highest BCUT2D eigenvalue weighted by Gasteiger charge is 2.23. The third kappa shape index (κ3) is 5.45.